The van der Waals surface area contributed by atoms with E-state index in [1.165, 1.54) is 14.2 Å². The second-order valence-electron chi connectivity index (χ2n) is 6.16. The number of urea groups is 1. The zero-order chi connectivity index (χ0) is 18.0. The molecule has 2 aliphatic rings. The summed E-state index contributed by atoms with van der Waals surface area (Å²) in [4.78, 5) is 37.5. The van der Waals surface area contributed by atoms with Crippen molar-refractivity contribution in [2.45, 2.75) is 37.9 Å². The minimum absolute atomic E-state index is 0.0382. The van der Waals surface area contributed by atoms with Gasteiger partial charge in [0.05, 0.1) is 27.2 Å². The van der Waals surface area contributed by atoms with Gasteiger partial charge in [0.2, 0.25) is 5.91 Å². The van der Waals surface area contributed by atoms with E-state index in [4.69, 9.17) is 9.47 Å². The molecule has 25 heavy (non-hydrogen) atoms. The van der Waals surface area contributed by atoms with Gasteiger partial charge in [-0.3, -0.25) is 14.5 Å². The summed E-state index contributed by atoms with van der Waals surface area (Å²) in [6.07, 6.45) is 1.91. The molecule has 1 saturated heterocycles. The van der Waals surface area contributed by atoms with Crippen LogP contribution in [0.3, 0.4) is 0 Å². The molecule has 0 bridgehead atoms. The second-order valence-corrected chi connectivity index (χ2v) is 6.16. The van der Waals surface area contributed by atoms with E-state index in [1.807, 2.05) is 0 Å². The van der Waals surface area contributed by atoms with Crippen molar-refractivity contribution in [1.82, 2.24) is 15.5 Å². The first-order chi connectivity index (χ1) is 12.0. The molecule has 1 aliphatic carbocycles. The lowest BCUT2D eigenvalue weighted by Crippen LogP contribution is -2.37. The zero-order valence-corrected chi connectivity index (χ0v) is 14.2. The standard InChI is InChI=1S/C17H21N3O5/c1-24-13-6-3-10(7-14(13)25-2)9-20-16(22)12(19-17(20)23)8-15(21)18-11-4-5-11/h3,6-7,11-12H,4-5,8-9H2,1-2H3,(H,18,21)(H,19,23). The molecule has 8 nitrogen and oxygen atoms in total. The molecule has 4 amide bonds. The number of carbonyl (C=O) groups excluding carboxylic acids is 3. The van der Waals surface area contributed by atoms with Crippen molar-refractivity contribution in [3.8, 4) is 11.5 Å². The maximum atomic E-state index is 12.4. The van der Waals surface area contributed by atoms with Gasteiger partial charge in [0, 0.05) is 6.04 Å². The highest BCUT2D eigenvalue weighted by atomic mass is 16.5. The van der Waals surface area contributed by atoms with Crippen LogP contribution in [0.4, 0.5) is 4.79 Å². The summed E-state index contributed by atoms with van der Waals surface area (Å²) in [6.45, 7) is 0.103. The van der Waals surface area contributed by atoms with Crippen molar-refractivity contribution in [2.75, 3.05) is 14.2 Å². The van der Waals surface area contributed by atoms with Gasteiger partial charge in [-0.1, -0.05) is 6.07 Å². The fourth-order valence-electron chi connectivity index (χ4n) is 2.73. The molecule has 2 fully saturated rings. The molecule has 1 aromatic carbocycles. The van der Waals surface area contributed by atoms with E-state index in [-0.39, 0.29) is 24.9 Å². The normalized spacial score (nSPS) is 19.6. The third-order valence-electron chi connectivity index (χ3n) is 4.23. The summed E-state index contributed by atoms with van der Waals surface area (Å²) in [5, 5.41) is 5.39. The summed E-state index contributed by atoms with van der Waals surface area (Å²) in [5.74, 6) is 0.477. The quantitative estimate of drug-likeness (QED) is 0.711. The van der Waals surface area contributed by atoms with E-state index in [2.05, 4.69) is 10.6 Å². The van der Waals surface area contributed by atoms with Gasteiger partial charge in [0.1, 0.15) is 6.04 Å². The van der Waals surface area contributed by atoms with E-state index in [1.54, 1.807) is 18.2 Å². The highest BCUT2D eigenvalue weighted by Crippen LogP contribution is 2.28. The van der Waals surface area contributed by atoms with E-state index >= 15 is 0 Å². The maximum Gasteiger partial charge on any atom is 0.325 e. The van der Waals surface area contributed by atoms with Crippen LogP contribution in [0.25, 0.3) is 0 Å². The highest BCUT2D eigenvalue weighted by molar-refractivity contribution is 6.05. The van der Waals surface area contributed by atoms with Gasteiger partial charge in [-0.05, 0) is 30.5 Å². The van der Waals surface area contributed by atoms with Crippen LogP contribution < -0.4 is 20.1 Å². The average molecular weight is 347 g/mol. The summed E-state index contributed by atoms with van der Waals surface area (Å²) < 4.78 is 10.4. The number of benzene rings is 1. The van der Waals surface area contributed by atoms with Gasteiger partial charge in [0.25, 0.3) is 5.91 Å². The fraction of sp³-hybridized carbons (Fsp3) is 0.471. The number of nitrogens with zero attached hydrogens (tertiary/aromatic N) is 1. The topological polar surface area (TPSA) is 97.0 Å². The number of amides is 4. The molecule has 1 aliphatic heterocycles. The average Bonchev–Trinajstić information content (AvgIpc) is 3.37. The Kier molecular flexibility index (Phi) is 4.78. The molecule has 1 unspecified atom stereocenters. The van der Waals surface area contributed by atoms with Crippen molar-refractivity contribution >= 4 is 17.8 Å². The molecule has 0 spiro atoms. The molecule has 134 valence electrons. The molecule has 3 rings (SSSR count). The van der Waals surface area contributed by atoms with Gasteiger partial charge >= 0.3 is 6.03 Å². The van der Waals surface area contributed by atoms with E-state index < -0.39 is 18.0 Å². The maximum absolute atomic E-state index is 12.4. The van der Waals surface area contributed by atoms with Crippen molar-refractivity contribution in [2.24, 2.45) is 0 Å². The third kappa shape index (κ3) is 3.84. The predicted octanol–water partition coefficient (Wildman–Crippen LogP) is 0.793. The summed E-state index contributed by atoms with van der Waals surface area (Å²) in [6, 6.07) is 4.10. The number of rotatable bonds is 7. The van der Waals surface area contributed by atoms with E-state index in [0.29, 0.717) is 11.5 Å². The Morgan fingerprint density at radius 3 is 2.60 bits per heavy atom. The van der Waals surface area contributed by atoms with Gasteiger partial charge < -0.3 is 20.1 Å². The summed E-state index contributed by atoms with van der Waals surface area (Å²) in [5.41, 5.74) is 0.726. The lowest BCUT2D eigenvalue weighted by atomic mass is 10.1. The number of hydrogen-bond acceptors (Lipinski definition) is 5. The summed E-state index contributed by atoms with van der Waals surface area (Å²) >= 11 is 0. The largest absolute Gasteiger partial charge is 0.493 e. The van der Waals surface area contributed by atoms with Crippen LogP contribution in [0.2, 0.25) is 0 Å². The van der Waals surface area contributed by atoms with Gasteiger partial charge in [0.15, 0.2) is 11.5 Å². The predicted molar refractivity (Wildman–Crippen MR) is 88.2 cm³/mol. The number of carbonyl (C=O) groups is 3. The first-order valence-corrected chi connectivity index (χ1v) is 8.14. The van der Waals surface area contributed by atoms with Crippen LogP contribution in [0.1, 0.15) is 24.8 Å². The van der Waals surface area contributed by atoms with Crippen molar-refractivity contribution in [3.63, 3.8) is 0 Å². The van der Waals surface area contributed by atoms with Gasteiger partial charge in [-0.25, -0.2) is 4.79 Å². The van der Waals surface area contributed by atoms with Crippen LogP contribution >= 0.6 is 0 Å². The Labute approximate surface area is 145 Å². The Morgan fingerprint density at radius 2 is 1.96 bits per heavy atom. The molecule has 1 atom stereocenters. The Hall–Kier alpha value is -2.77. The molecule has 0 aromatic heterocycles. The molecular weight excluding hydrogens is 326 g/mol. The third-order valence-corrected chi connectivity index (χ3v) is 4.23. The van der Waals surface area contributed by atoms with Crippen molar-refractivity contribution < 1.29 is 23.9 Å². The molecule has 1 aromatic rings. The van der Waals surface area contributed by atoms with Crippen LogP contribution in [-0.4, -0.2) is 49.0 Å². The molecular formula is C17H21N3O5. The van der Waals surface area contributed by atoms with Crippen LogP contribution in [0, 0.1) is 0 Å². The van der Waals surface area contributed by atoms with Crippen LogP contribution in [0.15, 0.2) is 18.2 Å². The lowest BCUT2D eigenvalue weighted by molar-refractivity contribution is -0.131. The molecule has 2 N–H and O–H groups in total. The smallest absolute Gasteiger partial charge is 0.325 e. The highest BCUT2D eigenvalue weighted by Gasteiger charge is 2.39. The number of methoxy groups -OCH3 is 2. The Bertz CT molecular complexity index is 702. The van der Waals surface area contributed by atoms with Gasteiger partial charge in [-0.15, -0.1) is 0 Å². The zero-order valence-electron chi connectivity index (χ0n) is 14.2. The number of ether oxygens (including phenoxy) is 2. The van der Waals surface area contributed by atoms with Gasteiger partial charge in [-0.2, -0.15) is 0 Å². The van der Waals surface area contributed by atoms with Crippen molar-refractivity contribution in [1.29, 1.82) is 0 Å². The summed E-state index contributed by atoms with van der Waals surface area (Å²) in [7, 11) is 3.05. The second kappa shape index (κ2) is 7.00. The number of hydrogen-bond donors (Lipinski definition) is 2. The van der Waals surface area contributed by atoms with E-state index in [0.717, 1.165) is 23.3 Å². The fourth-order valence-corrected chi connectivity index (χ4v) is 2.73. The number of imide groups is 1. The Morgan fingerprint density at radius 1 is 1.24 bits per heavy atom. The number of nitrogens with one attached hydrogen (secondary N) is 2. The van der Waals surface area contributed by atoms with Crippen LogP contribution in [0.5, 0.6) is 11.5 Å². The monoisotopic (exact) mass is 347 g/mol. The molecule has 0 radical (unpaired) electrons. The first kappa shape index (κ1) is 17.1. The van der Waals surface area contributed by atoms with Crippen molar-refractivity contribution in [3.05, 3.63) is 23.8 Å². The molecule has 1 heterocycles. The lowest BCUT2D eigenvalue weighted by Gasteiger charge is -2.15. The first-order valence-electron chi connectivity index (χ1n) is 8.14. The minimum atomic E-state index is -0.814. The van der Waals surface area contributed by atoms with Crippen LogP contribution in [-0.2, 0) is 16.1 Å². The molecule has 1 saturated carbocycles. The SMILES string of the molecule is COc1ccc(CN2C(=O)NC(CC(=O)NC3CC3)C2=O)cc1OC. The van der Waals surface area contributed by atoms with E-state index in [9.17, 15) is 14.4 Å². The minimum Gasteiger partial charge on any atom is -0.493 e. The molecule has 8 heteroatoms. The Balaban J connectivity index is 1.65.